The SMILES string of the molecule is ClN(Cl)c1cccnc1. The molecule has 4 heteroatoms. The average molecular weight is 163 g/mol. The molecule has 0 spiro atoms. The van der Waals surface area contributed by atoms with E-state index in [1.54, 1.807) is 24.5 Å². The van der Waals surface area contributed by atoms with Crippen LogP contribution in [0.1, 0.15) is 0 Å². The van der Waals surface area contributed by atoms with E-state index in [0.29, 0.717) is 5.69 Å². The lowest BCUT2D eigenvalue weighted by molar-refractivity contribution is 1.32. The third-order valence-electron chi connectivity index (χ3n) is 0.841. The smallest absolute Gasteiger partial charge is 0.0892 e. The fourth-order valence-corrected chi connectivity index (χ4v) is 0.654. The molecule has 1 rings (SSSR count). The van der Waals surface area contributed by atoms with Gasteiger partial charge in [0.25, 0.3) is 0 Å². The van der Waals surface area contributed by atoms with Gasteiger partial charge in [0.1, 0.15) is 0 Å². The van der Waals surface area contributed by atoms with Gasteiger partial charge in [0.05, 0.1) is 11.9 Å². The Kier molecular flexibility index (Phi) is 2.14. The van der Waals surface area contributed by atoms with Crippen LogP contribution in [-0.2, 0) is 0 Å². The van der Waals surface area contributed by atoms with Crippen molar-refractivity contribution in [1.82, 2.24) is 4.98 Å². The number of rotatable bonds is 1. The Morgan fingerprint density at radius 2 is 2.22 bits per heavy atom. The quantitative estimate of drug-likeness (QED) is 0.590. The highest BCUT2D eigenvalue weighted by Gasteiger charge is 1.94. The topological polar surface area (TPSA) is 16.1 Å². The van der Waals surface area contributed by atoms with Crippen molar-refractivity contribution < 1.29 is 0 Å². The summed E-state index contributed by atoms with van der Waals surface area (Å²) >= 11 is 10.7. The van der Waals surface area contributed by atoms with Gasteiger partial charge in [-0.25, -0.2) is 0 Å². The van der Waals surface area contributed by atoms with Gasteiger partial charge < -0.3 is 0 Å². The molecule has 0 saturated heterocycles. The predicted molar refractivity (Wildman–Crippen MR) is 38.4 cm³/mol. The van der Waals surface area contributed by atoms with E-state index in [2.05, 4.69) is 4.98 Å². The molecule has 0 unspecified atom stereocenters. The number of hydrogen-bond donors (Lipinski definition) is 0. The third kappa shape index (κ3) is 1.73. The summed E-state index contributed by atoms with van der Waals surface area (Å²) in [5.74, 6) is 0. The minimum absolute atomic E-state index is 0.667. The molecule has 0 N–H and O–H groups in total. The Hall–Kier alpha value is -0.470. The van der Waals surface area contributed by atoms with E-state index in [-0.39, 0.29) is 0 Å². The molecule has 0 aliphatic rings. The van der Waals surface area contributed by atoms with Crippen molar-refractivity contribution in [2.24, 2.45) is 0 Å². The Morgan fingerprint density at radius 1 is 1.44 bits per heavy atom. The molecular weight excluding hydrogens is 159 g/mol. The highest BCUT2D eigenvalue weighted by molar-refractivity contribution is 6.49. The Labute approximate surface area is 63.2 Å². The fraction of sp³-hybridized carbons (Fsp3) is 0. The van der Waals surface area contributed by atoms with Crippen molar-refractivity contribution >= 4 is 29.2 Å². The van der Waals surface area contributed by atoms with Crippen molar-refractivity contribution in [3.8, 4) is 0 Å². The normalized spacial score (nSPS) is 9.11. The maximum atomic E-state index is 5.36. The number of nitrogens with zero attached hydrogens (tertiary/aromatic N) is 2. The average Bonchev–Trinajstić information content (AvgIpc) is 1.90. The van der Waals surface area contributed by atoms with E-state index in [0.717, 1.165) is 3.94 Å². The molecule has 0 amide bonds. The van der Waals surface area contributed by atoms with Crippen LogP contribution >= 0.6 is 23.6 Å². The predicted octanol–water partition coefficient (Wildman–Crippen LogP) is 2.20. The van der Waals surface area contributed by atoms with E-state index in [4.69, 9.17) is 23.6 Å². The van der Waals surface area contributed by atoms with E-state index in [1.165, 1.54) is 0 Å². The summed E-state index contributed by atoms with van der Waals surface area (Å²) in [5.41, 5.74) is 0.667. The first kappa shape index (κ1) is 6.65. The number of halogens is 2. The summed E-state index contributed by atoms with van der Waals surface area (Å²) in [4.78, 5) is 3.80. The fourth-order valence-electron chi connectivity index (χ4n) is 0.454. The van der Waals surface area contributed by atoms with E-state index >= 15 is 0 Å². The van der Waals surface area contributed by atoms with Crippen molar-refractivity contribution in [2.45, 2.75) is 0 Å². The molecule has 1 aromatic heterocycles. The molecule has 1 aromatic rings. The van der Waals surface area contributed by atoms with Gasteiger partial charge in [0, 0.05) is 29.8 Å². The van der Waals surface area contributed by atoms with Gasteiger partial charge >= 0.3 is 0 Å². The summed E-state index contributed by atoms with van der Waals surface area (Å²) in [6.45, 7) is 0. The van der Waals surface area contributed by atoms with Crippen LogP contribution in [0.2, 0.25) is 0 Å². The zero-order valence-electron chi connectivity index (χ0n) is 4.46. The highest BCUT2D eigenvalue weighted by Crippen LogP contribution is 2.15. The molecule has 9 heavy (non-hydrogen) atoms. The summed E-state index contributed by atoms with van der Waals surface area (Å²) in [6, 6.07) is 3.51. The lowest BCUT2D eigenvalue weighted by atomic mass is 10.4. The summed E-state index contributed by atoms with van der Waals surface area (Å²) in [7, 11) is 0. The molecular formula is C5H4Cl2N2. The molecule has 0 aliphatic heterocycles. The van der Waals surface area contributed by atoms with Gasteiger partial charge in [-0.1, -0.05) is 0 Å². The lowest BCUT2D eigenvalue weighted by Crippen LogP contribution is -1.90. The van der Waals surface area contributed by atoms with Crippen molar-refractivity contribution in [2.75, 3.05) is 3.94 Å². The molecule has 0 radical (unpaired) electrons. The summed E-state index contributed by atoms with van der Waals surface area (Å²) in [5, 5.41) is 0. The van der Waals surface area contributed by atoms with E-state index < -0.39 is 0 Å². The van der Waals surface area contributed by atoms with Gasteiger partial charge in [-0.15, -0.1) is 0 Å². The number of pyridine rings is 1. The molecule has 2 nitrogen and oxygen atoms in total. The molecule has 0 aliphatic carbocycles. The van der Waals surface area contributed by atoms with Gasteiger partial charge in [-0.05, 0) is 12.1 Å². The van der Waals surface area contributed by atoms with Gasteiger partial charge in [0.2, 0.25) is 0 Å². The second kappa shape index (κ2) is 2.90. The largest absolute Gasteiger partial charge is 0.262 e. The van der Waals surface area contributed by atoms with Crippen LogP contribution in [0.3, 0.4) is 0 Å². The van der Waals surface area contributed by atoms with Crippen molar-refractivity contribution in [1.29, 1.82) is 0 Å². The first-order chi connectivity index (χ1) is 4.30. The summed E-state index contributed by atoms with van der Waals surface area (Å²) < 4.78 is 0.965. The number of anilines is 1. The summed E-state index contributed by atoms with van der Waals surface area (Å²) in [6.07, 6.45) is 3.22. The minimum atomic E-state index is 0.667. The second-order valence-electron chi connectivity index (χ2n) is 1.44. The highest BCUT2D eigenvalue weighted by atomic mass is 35.5. The van der Waals surface area contributed by atoms with Gasteiger partial charge in [0.15, 0.2) is 0 Å². The standard InChI is InChI=1S/C5H4Cl2N2/c6-9(7)5-2-1-3-8-4-5/h1-4H. The van der Waals surface area contributed by atoms with Crippen LogP contribution in [0.15, 0.2) is 24.5 Å². The Morgan fingerprint density at radius 3 is 2.56 bits per heavy atom. The molecule has 0 bridgehead atoms. The van der Waals surface area contributed by atoms with E-state index in [1.807, 2.05) is 0 Å². The third-order valence-corrected chi connectivity index (χ3v) is 1.23. The van der Waals surface area contributed by atoms with Crippen LogP contribution in [0.4, 0.5) is 5.69 Å². The number of aromatic nitrogens is 1. The van der Waals surface area contributed by atoms with Gasteiger partial charge in [-0.3, -0.25) is 4.98 Å². The van der Waals surface area contributed by atoms with Crippen LogP contribution in [0.5, 0.6) is 0 Å². The second-order valence-corrected chi connectivity index (χ2v) is 2.29. The molecule has 0 atom stereocenters. The van der Waals surface area contributed by atoms with Gasteiger partial charge in [-0.2, -0.15) is 3.94 Å². The molecule has 0 saturated carbocycles. The van der Waals surface area contributed by atoms with Crippen LogP contribution in [-0.4, -0.2) is 4.98 Å². The molecule has 48 valence electrons. The van der Waals surface area contributed by atoms with Crippen molar-refractivity contribution in [3.05, 3.63) is 24.5 Å². The van der Waals surface area contributed by atoms with Crippen molar-refractivity contribution in [3.63, 3.8) is 0 Å². The van der Waals surface area contributed by atoms with Crippen LogP contribution in [0, 0.1) is 0 Å². The maximum Gasteiger partial charge on any atom is 0.0892 e. The Balaban J connectivity index is 2.85. The first-order valence-corrected chi connectivity index (χ1v) is 3.00. The van der Waals surface area contributed by atoms with Crippen LogP contribution < -0.4 is 3.94 Å². The maximum absolute atomic E-state index is 5.36. The Bertz CT molecular complexity index is 176. The first-order valence-electron chi connectivity index (χ1n) is 2.32. The lowest BCUT2D eigenvalue weighted by Gasteiger charge is -2.01. The zero-order chi connectivity index (χ0) is 6.69. The molecule has 0 fully saturated rings. The van der Waals surface area contributed by atoms with Crippen LogP contribution in [0.25, 0.3) is 0 Å². The number of hydrogen-bond acceptors (Lipinski definition) is 2. The minimum Gasteiger partial charge on any atom is -0.262 e. The molecule has 1 heterocycles. The zero-order valence-corrected chi connectivity index (χ0v) is 5.97. The van der Waals surface area contributed by atoms with E-state index in [9.17, 15) is 0 Å². The monoisotopic (exact) mass is 162 g/mol. The molecule has 0 aromatic carbocycles.